The van der Waals surface area contributed by atoms with E-state index in [-0.39, 0.29) is 29.8 Å². The number of nitrogens with zero attached hydrogens (tertiary/aromatic N) is 2. The molecule has 3 saturated heterocycles. The lowest BCUT2D eigenvalue weighted by Crippen LogP contribution is -2.69. The number of piperidine rings is 3. The van der Waals surface area contributed by atoms with Crippen molar-refractivity contribution < 1.29 is 14.3 Å². The van der Waals surface area contributed by atoms with E-state index in [1.54, 1.807) is 14.2 Å². The van der Waals surface area contributed by atoms with Gasteiger partial charge in [-0.15, -0.1) is 0 Å². The highest BCUT2D eigenvalue weighted by molar-refractivity contribution is 5.80. The highest BCUT2D eigenvalue weighted by atomic mass is 16.5. The first-order chi connectivity index (χ1) is 19.6. The molecule has 5 atom stereocenters. The van der Waals surface area contributed by atoms with Gasteiger partial charge in [0.15, 0.2) is 0 Å². The number of hydrogen-bond donors (Lipinski definition) is 1. The minimum atomic E-state index is -0.0122. The smallest absolute Gasteiger partial charge is 0.227 e. The van der Waals surface area contributed by atoms with Gasteiger partial charge in [0.1, 0.15) is 11.5 Å². The third-order valence-corrected chi connectivity index (χ3v) is 9.02. The van der Waals surface area contributed by atoms with Crippen LogP contribution in [0.25, 0.3) is 0 Å². The Morgan fingerprint density at radius 1 is 0.950 bits per heavy atom. The largest absolute Gasteiger partial charge is 0.497 e. The Labute approximate surface area is 239 Å². The molecule has 6 heteroatoms. The molecule has 212 valence electrons. The molecule has 2 bridgehead atoms. The Morgan fingerprint density at radius 2 is 1.60 bits per heavy atom. The molecule has 0 spiro atoms. The van der Waals surface area contributed by atoms with Crippen LogP contribution in [-0.4, -0.2) is 68.2 Å². The number of fused-ring (bicyclic) bond motifs is 3. The molecule has 0 aliphatic carbocycles. The van der Waals surface area contributed by atoms with E-state index >= 15 is 0 Å². The van der Waals surface area contributed by atoms with Crippen molar-refractivity contribution in [2.45, 2.75) is 44.8 Å². The molecule has 3 fully saturated rings. The molecule has 3 heterocycles. The molecule has 5 unspecified atom stereocenters. The van der Waals surface area contributed by atoms with E-state index in [1.807, 2.05) is 23.1 Å². The van der Waals surface area contributed by atoms with Gasteiger partial charge in [0, 0.05) is 49.7 Å². The molecule has 1 N–H and O–H groups in total. The van der Waals surface area contributed by atoms with Gasteiger partial charge in [-0.2, -0.15) is 0 Å². The summed E-state index contributed by atoms with van der Waals surface area (Å²) >= 11 is 0. The third kappa shape index (κ3) is 5.61. The second kappa shape index (κ2) is 12.9. The predicted octanol–water partition coefficient (Wildman–Crippen LogP) is 5.18. The lowest BCUT2D eigenvalue weighted by atomic mass is 9.66. The van der Waals surface area contributed by atoms with Crippen LogP contribution < -0.4 is 14.8 Å². The fourth-order valence-corrected chi connectivity index (χ4v) is 7.05. The van der Waals surface area contributed by atoms with E-state index < -0.39 is 0 Å². The average Bonchev–Trinajstić information content (AvgIpc) is 3.02. The summed E-state index contributed by atoms with van der Waals surface area (Å²) in [5, 5.41) is 3.98. The second-order valence-corrected chi connectivity index (χ2v) is 10.9. The molecule has 6 rings (SSSR count). The van der Waals surface area contributed by atoms with Crippen molar-refractivity contribution >= 4 is 5.91 Å². The summed E-state index contributed by atoms with van der Waals surface area (Å²) in [5.41, 5.74) is 3.67. The van der Waals surface area contributed by atoms with Crippen LogP contribution in [-0.2, 0) is 11.3 Å². The summed E-state index contributed by atoms with van der Waals surface area (Å²) in [7, 11) is 3.40. The molecule has 0 aromatic heterocycles. The van der Waals surface area contributed by atoms with Crippen LogP contribution in [0.1, 0.15) is 42.9 Å². The summed E-state index contributed by atoms with van der Waals surface area (Å²) in [5.74, 6) is 2.35. The molecule has 1 amide bonds. The Kier molecular flexibility index (Phi) is 9.08. The van der Waals surface area contributed by atoms with Crippen molar-refractivity contribution in [1.29, 1.82) is 0 Å². The summed E-state index contributed by atoms with van der Waals surface area (Å²) in [6.45, 7) is 8.11. The fraction of sp³-hybridized carbons (Fsp3) is 0.441. The summed E-state index contributed by atoms with van der Waals surface area (Å²) in [4.78, 5) is 18.4. The van der Waals surface area contributed by atoms with Crippen molar-refractivity contribution in [3.63, 3.8) is 0 Å². The number of benzene rings is 3. The number of nitrogens with one attached hydrogen (secondary N) is 1. The van der Waals surface area contributed by atoms with Gasteiger partial charge in [0.25, 0.3) is 0 Å². The van der Waals surface area contributed by atoms with Gasteiger partial charge in [0.2, 0.25) is 5.91 Å². The van der Waals surface area contributed by atoms with Crippen LogP contribution in [0.3, 0.4) is 0 Å². The number of amides is 1. The standard InChI is InChI=1S/C34H43N3O3/c1-5-36(6-2)34(38)29-23-37-20-19-28(29)32(35-22-26-21-27(39-3)17-18-30(26)40-4)33(37)31(24-13-9-7-10-14-24)25-15-11-8-12-16-25/h7-18,21,28-29,31-33,35H,5-6,19-20,22-23H2,1-4H3. The highest BCUT2D eigenvalue weighted by Gasteiger charge is 2.52. The van der Waals surface area contributed by atoms with Gasteiger partial charge in [0.05, 0.1) is 20.1 Å². The fourth-order valence-electron chi connectivity index (χ4n) is 7.05. The zero-order chi connectivity index (χ0) is 28.1. The molecule has 3 aromatic rings. The molecule has 3 aliphatic rings. The predicted molar refractivity (Wildman–Crippen MR) is 160 cm³/mol. The van der Waals surface area contributed by atoms with E-state index in [0.717, 1.165) is 49.7 Å². The topological polar surface area (TPSA) is 54.0 Å². The van der Waals surface area contributed by atoms with Gasteiger partial charge >= 0.3 is 0 Å². The van der Waals surface area contributed by atoms with Crippen molar-refractivity contribution in [1.82, 2.24) is 15.1 Å². The zero-order valence-corrected chi connectivity index (χ0v) is 24.3. The first-order valence-electron chi connectivity index (χ1n) is 14.7. The summed E-state index contributed by atoms with van der Waals surface area (Å²) in [6.07, 6.45) is 1.01. The van der Waals surface area contributed by atoms with Gasteiger partial charge < -0.3 is 19.7 Å². The van der Waals surface area contributed by atoms with E-state index in [0.29, 0.717) is 12.5 Å². The van der Waals surface area contributed by atoms with Gasteiger partial charge in [-0.05, 0) is 62.1 Å². The van der Waals surface area contributed by atoms with Crippen molar-refractivity contribution in [3.05, 3.63) is 95.6 Å². The Hall–Kier alpha value is -3.35. The molecular weight excluding hydrogens is 498 g/mol. The number of ether oxygens (including phenoxy) is 2. The molecule has 40 heavy (non-hydrogen) atoms. The maximum absolute atomic E-state index is 13.8. The van der Waals surface area contributed by atoms with Crippen LogP contribution in [0.5, 0.6) is 11.5 Å². The van der Waals surface area contributed by atoms with Crippen LogP contribution in [0, 0.1) is 11.8 Å². The van der Waals surface area contributed by atoms with Gasteiger partial charge in [-0.3, -0.25) is 9.69 Å². The monoisotopic (exact) mass is 541 g/mol. The molecule has 0 radical (unpaired) electrons. The number of rotatable bonds is 11. The summed E-state index contributed by atoms with van der Waals surface area (Å²) in [6, 6.07) is 28.0. The molecule has 0 saturated carbocycles. The minimum absolute atomic E-state index is 0.0122. The van der Waals surface area contributed by atoms with E-state index in [9.17, 15) is 4.79 Å². The van der Waals surface area contributed by atoms with Crippen LogP contribution >= 0.6 is 0 Å². The van der Waals surface area contributed by atoms with Crippen molar-refractivity contribution in [3.8, 4) is 11.5 Å². The summed E-state index contributed by atoms with van der Waals surface area (Å²) < 4.78 is 11.2. The molecule has 3 aromatic carbocycles. The third-order valence-electron chi connectivity index (χ3n) is 9.02. The SMILES string of the molecule is CCN(CC)C(=O)C1CN2CCC1C(NCc1cc(OC)ccc1OC)C2C(c1ccccc1)c1ccccc1. The Morgan fingerprint density at radius 3 is 2.17 bits per heavy atom. The lowest BCUT2D eigenvalue weighted by Gasteiger charge is -2.57. The first-order valence-corrected chi connectivity index (χ1v) is 14.7. The van der Waals surface area contributed by atoms with E-state index in [1.165, 1.54) is 11.1 Å². The highest BCUT2D eigenvalue weighted by Crippen LogP contribution is 2.45. The van der Waals surface area contributed by atoms with Gasteiger partial charge in [-0.1, -0.05) is 60.7 Å². The van der Waals surface area contributed by atoms with Crippen LogP contribution in [0.2, 0.25) is 0 Å². The van der Waals surface area contributed by atoms with E-state index in [2.05, 4.69) is 84.7 Å². The quantitative estimate of drug-likeness (QED) is 0.363. The van der Waals surface area contributed by atoms with Crippen molar-refractivity contribution in [2.24, 2.45) is 11.8 Å². The maximum atomic E-state index is 13.8. The van der Waals surface area contributed by atoms with Crippen LogP contribution in [0.4, 0.5) is 0 Å². The maximum Gasteiger partial charge on any atom is 0.227 e. The average molecular weight is 542 g/mol. The number of carbonyl (C=O) groups is 1. The van der Waals surface area contributed by atoms with E-state index in [4.69, 9.17) is 9.47 Å². The number of hydrogen-bond acceptors (Lipinski definition) is 5. The Balaban J connectivity index is 1.55. The second-order valence-electron chi connectivity index (χ2n) is 10.9. The van der Waals surface area contributed by atoms with Crippen molar-refractivity contribution in [2.75, 3.05) is 40.4 Å². The molecule has 6 nitrogen and oxygen atoms in total. The Bertz CT molecular complexity index is 1210. The van der Waals surface area contributed by atoms with Gasteiger partial charge in [-0.25, -0.2) is 0 Å². The number of methoxy groups -OCH3 is 2. The lowest BCUT2D eigenvalue weighted by molar-refractivity contribution is -0.145. The van der Waals surface area contributed by atoms with Crippen LogP contribution in [0.15, 0.2) is 78.9 Å². The molecular formula is C34H43N3O3. The first kappa shape index (κ1) is 28.2. The number of carbonyl (C=O) groups excluding carboxylic acids is 1. The normalized spacial score (nSPS) is 23.7. The minimum Gasteiger partial charge on any atom is -0.497 e. The zero-order valence-electron chi connectivity index (χ0n) is 24.3. The molecule has 3 aliphatic heterocycles.